The zero-order valence-corrected chi connectivity index (χ0v) is 21.3. The summed E-state index contributed by atoms with van der Waals surface area (Å²) >= 11 is 7.21. The van der Waals surface area contributed by atoms with E-state index in [4.69, 9.17) is 21.1 Å². The van der Waals surface area contributed by atoms with Gasteiger partial charge in [-0.1, -0.05) is 29.4 Å². The standard InChI is InChI=1S/C24H27ClN6O3S/c1-5-12-31-22(14-26-18-8-6-17(25)7-9-18)28-30-24(31)35-15-23(32)29-27-16(2)20-11-10-19(33-3)13-21(20)34-4/h5-11,13,26H,1,12,14-15H2,2-4H3,(H,29,32)/b27-16-. The van der Waals surface area contributed by atoms with Gasteiger partial charge in [0.1, 0.15) is 11.5 Å². The first-order valence-corrected chi connectivity index (χ1v) is 12.0. The number of hydrazone groups is 1. The number of carbonyl (C=O) groups is 1. The predicted molar refractivity (Wildman–Crippen MR) is 140 cm³/mol. The largest absolute Gasteiger partial charge is 0.497 e. The Balaban J connectivity index is 1.60. The second-order valence-corrected chi connectivity index (χ2v) is 8.62. The quantitative estimate of drug-likeness (QED) is 0.160. The number of rotatable bonds is 12. The molecular formula is C24H27ClN6O3S. The van der Waals surface area contributed by atoms with E-state index in [9.17, 15) is 4.79 Å². The first kappa shape index (κ1) is 26.1. The Hall–Kier alpha value is -3.50. The number of methoxy groups -OCH3 is 2. The van der Waals surface area contributed by atoms with Crippen molar-refractivity contribution in [3.05, 3.63) is 71.5 Å². The number of amides is 1. The first-order valence-electron chi connectivity index (χ1n) is 10.7. The molecule has 0 bridgehead atoms. The molecule has 2 aromatic carbocycles. The van der Waals surface area contributed by atoms with E-state index in [2.05, 4.69) is 32.6 Å². The summed E-state index contributed by atoms with van der Waals surface area (Å²) in [6.45, 7) is 6.58. The number of nitrogens with one attached hydrogen (secondary N) is 2. The fourth-order valence-corrected chi connectivity index (χ4v) is 3.97. The maximum Gasteiger partial charge on any atom is 0.250 e. The van der Waals surface area contributed by atoms with Crippen molar-refractivity contribution < 1.29 is 14.3 Å². The highest BCUT2D eigenvalue weighted by atomic mass is 35.5. The highest BCUT2D eigenvalue weighted by Crippen LogP contribution is 2.25. The number of anilines is 1. The Morgan fingerprint density at radius 1 is 1.20 bits per heavy atom. The zero-order valence-electron chi connectivity index (χ0n) is 19.7. The summed E-state index contributed by atoms with van der Waals surface area (Å²) in [5.74, 6) is 1.85. The molecule has 1 heterocycles. The minimum atomic E-state index is -0.268. The van der Waals surface area contributed by atoms with Gasteiger partial charge in [0, 0.05) is 28.9 Å². The van der Waals surface area contributed by atoms with Gasteiger partial charge in [0.05, 0.1) is 32.2 Å². The zero-order chi connectivity index (χ0) is 25.2. The highest BCUT2D eigenvalue weighted by Gasteiger charge is 2.14. The van der Waals surface area contributed by atoms with Crippen molar-refractivity contribution in [3.8, 4) is 11.5 Å². The lowest BCUT2D eigenvalue weighted by Gasteiger charge is -2.10. The number of thioether (sulfide) groups is 1. The molecule has 1 amide bonds. The van der Waals surface area contributed by atoms with E-state index >= 15 is 0 Å². The van der Waals surface area contributed by atoms with Crippen LogP contribution in [0.1, 0.15) is 18.3 Å². The molecule has 35 heavy (non-hydrogen) atoms. The Morgan fingerprint density at radius 2 is 1.97 bits per heavy atom. The summed E-state index contributed by atoms with van der Waals surface area (Å²) < 4.78 is 12.5. The van der Waals surface area contributed by atoms with E-state index in [0.29, 0.717) is 40.5 Å². The van der Waals surface area contributed by atoms with E-state index in [1.165, 1.54) is 11.8 Å². The van der Waals surface area contributed by atoms with E-state index in [1.807, 2.05) is 34.9 Å². The monoisotopic (exact) mass is 514 g/mol. The van der Waals surface area contributed by atoms with Crippen LogP contribution in [0, 0.1) is 0 Å². The number of carbonyl (C=O) groups excluding carboxylic acids is 1. The van der Waals surface area contributed by atoms with Crippen LogP contribution in [-0.4, -0.2) is 46.4 Å². The number of halogens is 1. The number of ether oxygens (including phenoxy) is 2. The number of aromatic nitrogens is 3. The van der Waals surface area contributed by atoms with Crippen molar-refractivity contribution in [1.29, 1.82) is 0 Å². The number of nitrogens with zero attached hydrogens (tertiary/aromatic N) is 4. The normalized spacial score (nSPS) is 11.1. The van der Waals surface area contributed by atoms with Gasteiger partial charge in [0.2, 0.25) is 0 Å². The fraction of sp³-hybridized carbons (Fsp3) is 0.250. The molecule has 0 aliphatic rings. The maximum atomic E-state index is 12.4. The van der Waals surface area contributed by atoms with Gasteiger partial charge < -0.3 is 19.4 Å². The molecule has 1 aromatic heterocycles. The first-order chi connectivity index (χ1) is 16.9. The van der Waals surface area contributed by atoms with Crippen molar-refractivity contribution in [2.75, 3.05) is 25.3 Å². The summed E-state index contributed by atoms with van der Waals surface area (Å²) in [6, 6.07) is 12.8. The molecule has 0 spiro atoms. The molecule has 184 valence electrons. The van der Waals surface area contributed by atoms with Crippen LogP contribution < -0.4 is 20.2 Å². The van der Waals surface area contributed by atoms with E-state index in [1.54, 1.807) is 39.4 Å². The number of benzene rings is 2. The van der Waals surface area contributed by atoms with E-state index in [0.717, 1.165) is 17.1 Å². The van der Waals surface area contributed by atoms with E-state index in [-0.39, 0.29) is 11.7 Å². The molecule has 11 heteroatoms. The van der Waals surface area contributed by atoms with Gasteiger partial charge in [-0.15, -0.1) is 16.8 Å². The topological polar surface area (TPSA) is 103 Å². The van der Waals surface area contributed by atoms with Crippen LogP contribution in [0.4, 0.5) is 5.69 Å². The maximum absolute atomic E-state index is 12.4. The molecule has 2 N–H and O–H groups in total. The summed E-state index contributed by atoms with van der Waals surface area (Å²) in [4.78, 5) is 12.4. The summed E-state index contributed by atoms with van der Waals surface area (Å²) in [5.41, 5.74) is 4.86. The Kier molecular flexibility index (Phi) is 9.56. The third-order valence-electron chi connectivity index (χ3n) is 4.88. The lowest BCUT2D eigenvalue weighted by atomic mass is 10.1. The van der Waals surface area contributed by atoms with Crippen molar-refractivity contribution in [3.63, 3.8) is 0 Å². The van der Waals surface area contributed by atoms with Crippen LogP contribution >= 0.6 is 23.4 Å². The number of hydrogen-bond donors (Lipinski definition) is 2. The van der Waals surface area contributed by atoms with Gasteiger partial charge in [-0.3, -0.25) is 4.79 Å². The lowest BCUT2D eigenvalue weighted by molar-refractivity contribution is -0.118. The molecule has 0 aliphatic heterocycles. The van der Waals surface area contributed by atoms with Crippen LogP contribution in [0.3, 0.4) is 0 Å². The van der Waals surface area contributed by atoms with Crippen LogP contribution in [0.5, 0.6) is 11.5 Å². The van der Waals surface area contributed by atoms with Crippen LogP contribution in [-0.2, 0) is 17.9 Å². The molecule has 0 atom stereocenters. The van der Waals surface area contributed by atoms with Crippen molar-refractivity contribution in [2.45, 2.75) is 25.2 Å². The fourth-order valence-electron chi connectivity index (χ4n) is 3.08. The third kappa shape index (κ3) is 7.24. The molecule has 0 saturated carbocycles. The molecule has 0 saturated heterocycles. The Morgan fingerprint density at radius 3 is 2.66 bits per heavy atom. The minimum Gasteiger partial charge on any atom is -0.497 e. The molecule has 9 nitrogen and oxygen atoms in total. The molecule has 3 rings (SSSR count). The van der Waals surface area contributed by atoms with Crippen LogP contribution in [0.2, 0.25) is 5.02 Å². The van der Waals surface area contributed by atoms with Gasteiger partial charge in [-0.25, -0.2) is 5.43 Å². The number of hydrogen-bond acceptors (Lipinski definition) is 8. The summed E-state index contributed by atoms with van der Waals surface area (Å²) in [5, 5.41) is 17.3. The van der Waals surface area contributed by atoms with Gasteiger partial charge in [-0.05, 0) is 43.3 Å². The van der Waals surface area contributed by atoms with Crippen LogP contribution in [0.15, 0.2) is 65.4 Å². The SMILES string of the molecule is C=CCn1c(CNc2ccc(Cl)cc2)nnc1SCC(=O)N/N=C(/C)c1ccc(OC)cc1OC. The van der Waals surface area contributed by atoms with Crippen LogP contribution in [0.25, 0.3) is 0 Å². The predicted octanol–water partition coefficient (Wildman–Crippen LogP) is 4.38. The molecular weight excluding hydrogens is 488 g/mol. The van der Waals surface area contributed by atoms with Crippen molar-refractivity contribution >= 4 is 40.7 Å². The van der Waals surface area contributed by atoms with Gasteiger partial charge in [-0.2, -0.15) is 5.10 Å². The van der Waals surface area contributed by atoms with Crippen molar-refractivity contribution in [2.24, 2.45) is 5.10 Å². The average Bonchev–Trinajstić information content (AvgIpc) is 3.26. The second-order valence-electron chi connectivity index (χ2n) is 7.25. The molecule has 0 radical (unpaired) electrons. The number of allylic oxidation sites excluding steroid dienone is 1. The van der Waals surface area contributed by atoms with Gasteiger partial charge in [0.25, 0.3) is 5.91 Å². The Bertz CT molecular complexity index is 1200. The summed E-state index contributed by atoms with van der Waals surface area (Å²) in [7, 11) is 3.15. The molecule has 3 aromatic rings. The second kappa shape index (κ2) is 12.8. The molecule has 0 fully saturated rings. The smallest absolute Gasteiger partial charge is 0.250 e. The molecule has 0 aliphatic carbocycles. The van der Waals surface area contributed by atoms with Gasteiger partial charge >= 0.3 is 0 Å². The van der Waals surface area contributed by atoms with Gasteiger partial charge in [0.15, 0.2) is 11.0 Å². The Labute approximate surface area is 213 Å². The lowest BCUT2D eigenvalue weighted by Crippen LogP contribution is -2.21. The average molecular weight is 515 g/mol. The highest BCUT2D eigenvalue weighted by molar-refractivity contribution is 7.99. The minimum absolute atomic E-state index is 0.121. The van der Waals surface area contributed by atoms with E-state index < -0.39 is 0 Å². The van der Waals surface area contributed by atoms with Crippen molar-refractivity contribution in [1.82, 2.24) is 20.2 Å². The molecule has 0 unspecified atom stereocenters. The third-order valence-corrected chi connectivity index (χ3v) is 6.10. The summed E-state index contributed by atoms with van der Waals surface area (Å²) in [6.07, 6.45) is 1.76.